The molecule has 0 radical (unpaired) electrons. The van der Waals surface area contributed by atoms with Crippen LogP contribution in [0.25, 0.3) is 21.9 Å². The lowest BCUT2D eigenvalue weighted by atomic mass is 9.90. The van der Waals surface area contributed by atoms with Gasteiger partial charge in [-0.05, 0) is 89.7 Å². The molecule has 3 heteroatoms. The summed E-state index contributed by atoms with van der Waals surface area (Å²) in [5, 5.41) is 6.78. The van der Waals surface area contributed by atoms with Crippen molar-refractivity contribution in [3.8, 4) is 16.9 Å². The first-order chi connectivity index (χ1) is 21.4. The molecule has 2 nitrogen and oxygen atoms in total. The van der Waals surface area contributed by atoms with Crippen LogP contribution in [0.4, 0.5) is 0 Å². The largest absolute Gasteiger partial charge is 0.543 e. The van der Waals surface area contributed by atoms with Gasteiger partial charge < -0.3 is 9.74 Å². The lowest BCUT2D eigenvalue weighted by Crippen LogP contribution is -2.45. The van der Waals surface area contributed by atoms with E-state index in [9.17, 15) is 0 Å². The summed E-state index contributed by atoms with van der Waals surface area (Å²) in [4.78, 5) is 0. The van der Waals surface area contributed by atoms with Crippen LogP contribution in [0.5, 0.6) is 5.75 Å². The zero-order valence-corrected chi connectivity index (χ0v) is 28.7. The molecule has 4 aromatic rings. The first-order valence-corrected chi connectivity index (χ1v) is 20.5. The van der Waals surface area contributed by atoms with E-state index in [2.05, 4.69) is 124 Å². The molecule has 0 amide bonds. The lowest BCUT2D eigenvalue weighted by Gasteiger charge is -2.38. The van der Waals surface area contributed by atoms with Gasteiger partial charge in [0.2, 0.25) is 0 Å². The zero-order valence-electron chi connectivity index (χ0n) is 27.7. The average Bonchev–Trinajstić information content (AvgIpc) is 3.45. The Bertz CT molecular complexity index is 1550. The van der Waals surface area contributed by atoms with Crippen LogP contribution in [0.2, 0.25) is 13.1 Å². The van der Waals surface area contributed by atoms with Gasteiger partial charge in [0.05, 0.1) is 0 Å². The van der Waals surface area contributed by atoms with Gasteiger partial charge in [-0.25, -0.2) is 0 Å². The number of benzene rings is 4. The van der Waals surface area contributed by atoms with Crippen molar-refractivity contribution < 1.29 is 4.43 Å². The molecule has 0 spiro atoms. The highest BCUT2D eigenvalue weighted by molar-refractivity contribution is 6.73. The van der Waals surface area contributed by atoms with Crippen LogP contribution in [0.1, 0.15) is 100 Å². The summed E-state index contributed by atoms with van der Waals surface area (Å²) >= 11 is 0. The molecule has 1 fully saturated rings. The smallest absolute Gasteiger partial charge is 0.252 e. The number of fused-ring (bicyclic) bond motifs is 2. The number of para-hydroxylation sites is 1. The van der Waals surface area contributed by atoms with Crippen molar-refractivity contribution in [1.82, 2.24) is 5.32 Å². The van der Waals surface area contributed by atoms with Gasteiger partial charge in [0, 0.05) is 23.2 Å². The third-order valence-electron chi connectivity index (χ3n) is 10.7. The van der Waals surface area contributed by atoms with Crippen LogP contribution >= 0.6 is 0 Å². The Balaban J connectivity index is 1.36. The average molecular weight is 604 g/mol. The molecule has 1 N–H and O–H groups in total. The molecule has 3 unspecified atom stereocenters. The van der Waals surface area contributed by atoms with Crippen LogP contribution in [0, 0.1) is 11.8 Å². The molecule has 0 bridgehead atoms. The highest BCUT2D eigenvalue weighted by Gasteiger charge is 2.48. The van der Waals surface area contributed by atoms with Crippen LogP contribution in [0.3, 0.4) is 0 Å². The molecule has 0 aromatic heterocycles. The molecule has 3 atom stereocenters. The summed E-state index contributed by atoms with van der Waals surface area (Å²) < 4.78 is 7.42. The van der Waals surface area contributed by atoms with Gasteiger partial charge >= 0.3 is 0 Å². The van der Waals surface area contributed by atoms with E-state index in [4.69, 9.17) is 4.43 Å². The maximum absolute atomic E-state index is 7.42. The van der Waals surface area contributed by atoms with Crippen molar-refractivity contribution in [3.63, 3.8) is 0 Å². The minimum atomic E-state index is -2.25. The van der Waals surface area contributed by atoms with Gasteiger partial charge in [0.1, 0.15) is 5.75 Å². The predicted octanol–water partition coefficient (Wildman–Crippen LogP) is 11.4. The van der Waals surface area contributed by atoms with Crippen LogP contribution in [-0.2, 0) is 6.42 Å². The van der Waals surface area contributed by atoms with Gasteiger partial charge in [0.25, 0.3) is 8.32 Å². The van der Waals surface area contributed by atoms with Crippen molar-refractivity contribution >= 4 is 19.1 Å². The van der Waals surface area contributed by atoms with Gasteiger partial charge in [-0.15, -0.1) is 0 Å². The van der Waals surface area contributed by atoms with E-state index in [1.54, 1.807) is 5.56 Å². The summed E-state index contributed by atoms with van der Waals surface area (Å²) in [6.45, 7) is 12.1. The first-order valence-electron chi connectivity index (χ1n) is 17.5. The van der Waals surface area contributed by atoms with Gasteiger partial charge in [-0.3, -0.25) is 0 Å². The van der Waals surface area contributed by atoms with E-state index in [-0.39, 0.29) is 0 Å². The predicted molar refractivity (Wildman–Crippen MR) is 191 cm³/mol. The van der Waals surface area contributed by atoms with E-state index in [1.165, 1.54) is 84.4 Å². The van der Waals surface area contributed by atoms with Crippen molar-refractivity contribution in [2.75, 3.05) is 0 Å². The van der Waals surface area contributed by atoms with Crippen molar-refractivity contribution in [2.45, 2.75) is 109 Å². The molecule has 2 aliphatic carbocycles. The number of nitrogens with one attached hydrogen (secondary N) is 1. The fourth-order valence-corrected chi connectivity index (χ4v) is 11.9. The first kappa shape index (κ1) is 31.1. The zero-order chi connectivity index (χ0) is 30.7. The summed E-state index contributed by atoms with van der Waals surface area (Å²) in [6, 6.07) is 32.7. The topological polar surface area (TPSA) is 21.3 Å². The lowest BCUT2D eigenvalue weighted by molar-refractivity contribution is 0.322. The highest BCUT2D eigenvalue weighted by atomic mass is 28.4. The Morgan fingerprint density at radius 1 is 0.818 bits per heavy atom. The number of hydrogen-bond acceptors (Lipinski definition) is 2. The Morgan fingerprint density at radius 3 is 2.32 bits per heavy atom. The summed E-state index contributed by atoms with van der Waals surface area (Å²) in [5.41, 5.74) is 7.67. The maximum Gasteiger partial charge on any atom is 0.252 e. The Morgan fingerprint density at radius 2 is 1.52 bits per heavy atom. The second-order valence-electron chi connectivity index (χ2n) is 14.4. The van der Waals surface area contributed by atoms with Crippen molar-refractivity contribution in [1.29, 1.82) is 0 Å². The van der Waals surface area contributed by atoms with E-state index >= 15 is 0 Å². The summed E-state index contributed by atoms with van der Waals surface area (Å²) in [6.07, 6.45) is 11.5. The second kappa shape index (κ2) is 13.6. The molecule has 44 heavy (non-hydrogen) atoms. The Kier molecular flexibility index (Phi) is 9.64. The van der Waals surface area contributed by atoms with Crippen molar-refractivity contribution in [3.05, 3.63) is 102 Å². The molecule has 0 saturated heterocycles. The molecule has 0 aliphatic heterocycles. The Hall–Kier alpha value is -2.88. The minimum Gasteiger partial charge on any atom is -0.543 e. The van der Waals surface area contributed by atoms with Gasteiger partial charge in [-0.2, -0.15) is 0 Å². The summed E-state index contributed by atoms with van der Waals surface area (Å²) in [7, 11) is -2.25. The highest BCUT2D eigenvalue weighted by Crippen LogP contribution is 2.50. The molecular formula is C41H53NOSi. The quantitative estimate of drug-likeness (QED) is 0.172. The molecular weight excluding hydrogens is 551 g/mol. The van der Waals surface area contributed by atoms with E-state index in [0.717, 1.165) is 12.2 Å². The van der Waals surface area contributed by atoms with Gasteiger partial charge in [-0.1, -0.05) is 132 Å². The number of unbranched alkanes of at least 4 members (excludes halogenated alkanes) is 1. The molecule has 1 saturated carbocycles. The van der Waals surface area contributed by atoms with E-state index < -0.39 is 8.32 Å². The fourth-order valence-electron chi connectivity index (χ4n) is 8.43. The fraction of sp³-hybridized carbons (Fsp3) is 0.463. The van der Waals surface area contributed by atoms with Crippen LogP contribution < -0.4 is 9.74 Å². The maximum atomic E-state index is 7.42. The third kappa shape index (κ3) is 6.42. The van der Waals surface area contributed by atoms with Crippen LogP contribution in [0.15, 0.2) is 84.9 Å². The number of rotatable bonds is 11. The molecule has 0 heterocycles. The monoisotopic (exact) mass is 603 g/mol. The normalized spacial score (nSPS) is 19.8. The molecule has 232 valence electrons. The molecule has 2 aliphatic rings. The second-order valence-corrected chi connectivity index (χ2v) is 18.5. The Labute approximate surface area is 267 Å². The van der Waals surface area contributed by atoms with Gasteiger partial charge in [0.15, 0.2) is 0 Å². The standard InChI is InChI=1S/C41H53NOSi/c1-6-7-26-39(42-31-19-9-8-10-20-31)36-22-13-14-27-40(36)43-44(4,5)41-35-25-16-24-34(38(35)28-37(41)29(2)3)33-23-15-18-30-17-11-12-21-32(30)33/h11-18,21-25,27,29,31,37,39,41-42H,6-10,19-20,26,28H2,1-5H3. The number of hydrogen-bond donors (Lipinski definition) is 1. The molecule has 6 rings (SSSR count). The summed E-state index contributed by atoms with van der Waals surface area (Å²) in [5.74, 6) is 2.28. The molecule has 4 aromatic carbocycles. The van der Waals surface area contributed by atoms with Crippen molar-refractivity contribution in [2.24, 2.45) is 11.8 Å². The van der Waals surface area contributed by atoms with E-state index in [1.807, 2.05) is 0 Å². The van der Waals surface area contributed by atoms with Crippen LogP contribution in [-0.4, -0.2) is 14.4 Å². The third-order valence-corrected chi connectivity index (χ3v) is 13.6. The SMILES string of the molecule is CCCCC(NC1CCCCC1)c1ccccc1O[Si](C)(C)C1c2cccc(-c3cccc4ccccc34)c2CC1C(C)C. The minimum absolute atomic E-state index is 0.355. The van der Waals surface area contributed by atoms with E-state index in [0.29, 0.717) is 29.5 Å².